The van der Waals surface area contributed by atoms with E-state index in [2.05, 4.69) is 21.2 Å². The molecule has 0 aliphatic carbocycles. The monoisotopic (exact) mass is 400 g/mol. The maximum atomic E-state index is 13.0. The molecule has 0 radical (unpaired) electrons. The number of rotatable bonds is 2. The largest absolute Gasteiger partial charge is 0.507 e. The summed E-state index contributed by atoms with van der Waals surface area (Å²) in [6.07, 6.45) is -5.53. The molecule has 1 aliphatic rings. The number of carbonyl (C=O) groups excluding carboxylic acids is 1. The zero-order valence-corrected chi connectivity index (χ0v) is 13.7. The van der Waals surface area contributed by atoms with Crippen LogP contribution >= 0.6 is 15.9 Å². The van der Waals surface area contributed by atoms with Crippen molar-refractivity contribution >= 4 is 27.5 Å². The van der Waals surface area contributed by atoms with Crippen LogP contribution in [0.2, 0.25) is 0 Å². The molecular weight excluding hydrogens is 389 g/mol. The number of hydrogen-bond donors (Lipinski definition) is 2. The minimum Gasteiger partial charge on any atom is -0.507 e. The van der Waals surface area contributed by atoms with Crippen molar-refractivity contribution in [3.63, 3.8) is 0 Å². The molecule has 0 saturated carbocycles. The quantitative estimate of drug-likeness (QED) is 0.790. The van der Waals surface area contributed by atoms with Crippen LogP contribution in [0.1, 0.15) is 22.1 Å². The number of carbonyl (C=O) groups is 1. The predicted octanol–water partition coefficient (Wildman–Crippen LogP) is 4.28. The van der Waals surface area contributed by atoms with Crippen LogP contribution in [-0.4, -0.2) is 28.6 Å². The third-order valence-electron chi connectivity index (χ3n) is 3.66. The Morgan fingerprint density at radius 2 is 1.92 bits per heavy atom. The Morgan fingerprint density at radius 3 is 2.58 bits per heavy atom. The van der Waals surface area contributed by atoms with E-state index in [1.54, 1.807) is 18.2 Å². The number of alkyl halides is 3. The summed E-state index contributed by atoms with van der Waals surface area (Å²) in [6, 6.07) is 10.7. The molecule has 2 N–H and O–H groups in total. The molecule has 3 rings (SSSR count). The first-order chi connectivity index (χ1) is 11.3. The van der Waals surface area contributed by atoms with Gasteiger partial charge in [-0.1, -0.05) is 18.2 Å². The number of phenols is 1. The van der Waals surface area contributed by atoms with Crippen LogP contribution in [-0.2, 0) is 0 Å². The van der Waals surface area contributed by atoms with Crippen LogP contribution in [0.25, 0.3) is 0 Å². The molecule has 1 atom stereocenters. The van der Waals surface area contributed by atoms with Crippen molar-refractivity contribution in [1.29, 1.82) is 0 Å². The maximum Gasteiger partial charge on any atom is 0.406 e. The summed E-state index contributed by atoms with van der Waals surface area (Å²) in [5, 5.41) is 12.5. The molecular formula is C16H12BrF3N2O2. The number of amides is 1. The van der Waals surface area contributed by atoms with Crippen LogP contribution in [0.15, 0.2) is 46.9 Å². The van der Waals surface area contributed by atoms with Crippen molar-refractivity contribution in [3.8, 4) is 5.75 Å². The summed E-state index contributed by atoms with van der Waals surface area (Å²) in [5.41, 5.74) is 1.08. The number of para-hydroxylation sites is 1. The summed E-state index contributed by atoms with van der Waals surface area (Å²) < 4.78 is 39.2. The van der Waals surface area contributed by atoms with E-state index in [1.807, 2.05) is 0 Å². The number of nitrogens with one attached hydrogen (secondary N) is 1. The standard InChI is InChI=1S/C16H12BrF3N2O2/c17-11-7-9(5-6-13(11)23)14-21-12-4-2-1-3-10(12)15(24)22(14)8-16(18,19)20/h1-7,14,21,23H,8H2/t14-/m0/s1. The lowest BCUT2D eigenvalue weighted by Gasteiger charge is -2.38. The smallest absolute Gasteiger partial charge is 0.406 e. The summed E-state index contributed by atoms with van der Waals surface area (Å²) >= 11 is 3.14. The Hall–Kier alpha value is -2.22. The first-order valence-corrected chi connectivity index (χ1v) is 7.77. The van der Waals surface area contributed by atoms with Gasteiger partial charge in [0, 0.05) is 5.69 Å². The number of anilines is 1. The fourth-order valence-electron chi connectivity index (χ4n) is 2.61. The molecule has 0 saturated heterocycles. The Balaban J connectivity index is 2.07. The van der Waals surface area contributed by atoms with E-state index in [9.17, 15) is 23.1 Å². The summed E-state index contributed by atoms with van der Waals surface area (Å²) in [6.45, 7) is -1.38. The van der Waals surface area contributed by atoms with Gasteiger partial charge in [0.05, 0.1) is 10.0 Å². The van der Waals surface area contributed by atoms with Crippen molar-refractivity contribution in [2.45, 2.75) is 12.3 Å². The molecule has 2 aromatic rings. The number of fused-ring (bicyclic) bond motifs is 1. The van der Waals surface area contributed by atoms with Gasteiger partial charge in [-0.3, -0.25) is 4.79 Å². The van der Waals surface area contributed by atoms with Crippen molar-refractivity contribution < 1.29 is 23.1 Å². The molecule has 4 nitrogen and oxygen atoms in total. The molecule has 0 fully saturated rings. The summed E-state index contributed by atoms with van der Waals surface area (Å²) in [7, 11) is 0. The Labute approximate surface area is 144 Å². The van der Waals surface area contributed by atoms with E-state index in [4.69, 9.17) is 0 Å². The lowest BCUT2D eigenvalue weighted by molar-refractivity contribution is -0.144. The highest BCUT2D eigenvalue weighted by Gasteiger charge is 2.40. The van der Waals surface area contributed by atoms with Crippen LogP contribution in [0.3, 0.4) is 0 Å². The normalized spacial score (nSPS) is 17.4. The van der Waals surface area contributed by atoms with Gasteiger partial charge in [0.2, 0.25) is 0 Å². The molecule has 1 heterocycles. The van der Waals surface area contributed by atoms with Gasteiger partial charge in [-0.25, -0.2) is 0 Å². The zero-order valence-electron chi connectivity index (χ0n) is 12.1. The van der Waals surface area contributed by atoms with Gasteiger partial charge in [-0.05, 0) is 45.8 Å². The predicted molar refractivity (Wildman–Crippen MR) is 85.7 cm³/mol. The van der Waals surface area contributed by atoms with E-state index < -0.39 is 24.8 Å². The lowest BCUT2D eigenvalue weighted by Crippen LogP contribution is -2.47. The average Bonchev–Trinajstić information content (AvgIpc) is 2.52. The van der Waals surface area contributed by atoms with Gasteiger partial charge in [-0.15, -0.1) is 0 Å². The van der Waals surface area contributed by atoms with Gasteiger partial charge < -0.3 is 15.3 Å². The third-order valence-corrected chi connectivity index (χ3v) is 4.29. The zero-order chi connectivity index (χ0) is 17.5. The number of benzene rings is 2. The van der Waals surface area contributed by atoms with Gasteiger partial charge in [0.1, 0.15) is 18.5 Å². The number of hydrogen-bond acceptors (Lipinski definition) is 3. The molecule has 0 aromatic heterocycles. The van der Waals surface area contributed by atoms with Gasteiger partial charge in [0.25, 0.3) is 5.91 Å². The van der Waals surface area contributed by atoms with E-state index in [-0.39, 0.29) is 11.3 Å². The van der Waals surface area contributed by atoms with E-state index in [1.165, 1.54) is 24.3 Å². The van der Waals surface area contributed by atoms with Crippen molar-refractivity contribution in [3.05, 3.63) is 58.1 Å². The minimum atomic E-state index is -4.53. The molecule has 126 valence electrons. The lowest BCUT2D eigenvalue weighted by atomic mass is 10.0. The van der Waals surface area contributed by atoms with Gasteiger partial charge in [0.15, 0.2) is 0 Å². The van der Waals surface area contributed by atoms with Crippen molar-refractivity contribution in [1.82, 2.24) is 4.90 Å². The van der Waals surface area contributed by atoms with Crippen LogP contribution in [0.5, 0.6) is 5.75 Å². The average molecular weight is 401 g/mol. The molecule has 8 heteroatoms. The molecule has 1 aliphatic heterocycles. The number of nitrogens with zero attached hydrogens (tertiary/aromatic N) is 1. The second kappa shape index (κ2) is 6.01. The van der Waals surface area contributed by atoms with Crippen LogP contribution in [0, 0.1) is 0 Å². The van der Waals surface area contributed by atoms with E-state index >= 15 is 0 Å². The SMILES string of the molecule is O=C1c2ccccc2N[C@H](c2ccc(O)c(Br)c2)N1CC(F)(F)F. The molecule has 1 amide bonds. The first-order valence-electron chi connectivity index (χ1n) is 6.98. The van der Waals surface area contributed by atoms with Crippen molar-refractivity contribution in [2.24, 2.45) is 0 Å². The van der Waals surface area contributed by atoms with Crippen LogP contribution < -0.4 is 5.32 Å². The van der Waals surface area contributed by atoms with E-state index in [0.29, 0.717) is 15.7 Å². The second-order valence-corrected chi connectivity index (χ2v) is 6.21. The van der Waals surface area contributed by atoms with Gasteiger partial charge >= 0.3 is 6.18 Å². The summed E-state index contributed by atoms with van der Waals surface area (Å²) in [4.78, 5) is 13.3. The molecule has 0 unspecified atom stereocenters. The number of aromatic hydroxyl groups is 1. The highest BCUT2D eigenvalue weighted by atomic mass is 79.9. The number of halogens is 4. The molecule has 24 heavy (non-hydrogen) atoms. The second-order valence-electron chi connectivity index (χ2n) is 5.35. The highest BCUT2D eigenvalue weighted by Crippen LogP contribution is 2.37. The molecule has 2 aromatic carbocycles. The fraction of sp³-hybridized carbons (Fsp3) is 0.188. The highest BCUT2D eigenvalue weighted by molar-refractivity contribution is 9.10. The van der Waals surface area contributed by atoms with Crippen LogP contribution in [0.4, 0.5) is 18.9 Å². The maximum absolute atomic E-state index is 13.0. The molecule has 0 spiro atoms. The fourth-order valence-corrected chi connectivity index (χ4v) is 3.00. The van der Waals surface area contributed by atoms with E-state index in [0.717, 1.165) is 4.90 Å². The Morgan fingerprint density at radius 1 is 1.21 bits per heavy atom. The molecule has 0 bridgehead atoms. The summed E-state index contributed by atoms with van der Waals surface area (Å²) in [5.74, 6) is -0.737. The minimum absolute atomic E-state index is 0.0383. The van der Waals surface area contributed by atoms with Gasteiger partial charge in [-0.2, -0.15) is 13.2 Å². The third kappa shape index (κ3) is 3.19. The number of phenolic OH excluding ortho intramolecular Hbond substituents is 1. The Kier molecular flexibility index (Phi) is 4.16. The Bertz CT molecular complexity index is 795. The van der Waals surface area contributed by atoms with Crippen molar-refractivity contribution in [2.75, 3.05) is 11.9 Å². The topological polar surface area (TPSA) is 52.6 Å². The first kappa shape index (κ1) is 16.6.